The van der Waals surface area contributed by atoms with E-state index in [-0.39, 0.29) is 24.6 Å². The molecule has 0 aliphatic rings. The first-order valence-electron chi connectivity index (χ1n) is 4.82. The van der Waals surface area contributed by atoms with Crippen molar-refractivity contribution in [3.8, 4) is 0 Å². The normalized spacial score (nSPS) is 15.5. The molecule has 0 spiro atoms. The van der Waals surface area contributed by atoms with E-state index in [0.29, 0.717) is 5.75 Å². The number of sulfone groups is 1. The fraction of sp³-hybridized carbons (Fsp3) is 0.889. The molecule has 2 N–H and O–H groups in total. The first-order chi connectivity index (χ1) is 7.16. The van der Waals surface area contributed by atoms with E-state index in [0.717, 1.165) is 6.26 Å². The van der Waals surface area contributed by atoms with Crippen LogP contribution in [0, 0.1) is 0 Å². The summed E-state index contributed by atoms with van der Waals surface area (Å²) in [6, 6.07) is 0. The van der Waals surface area contributed by atoms with Gasteiger partial charge in [-0.1, -0.05) is 0 Å². The molecule has 0 fully saturated rings. The van der Waals surface area contributed by atoms with Gasteiger partial charge < -0.3 is 10.4 Å². The van der Waals surface area contributed by atoms with Crippen molar-refractivity contribution in [3.63, 3.8) is 0 Å². The van der Waals surface area contributed by atoms with E-state index in [4.69, 9.17) is 0 Å². The van der Waals surface area contributed by atoms with Crippen LogP contribution in [0.5, 0.6) is 0 Å². The number of thioether (sulfide) groups is 1. The molecule has 0 bridgehead atoms. The molecule has 7 heteroatoms. The predicted octanol–water partition coefficient (Wildman–Crippen LogP) is -0.349. The lowest BCUT2D eigenvalue weighted by Crippen LogP contribution is -2.42. The molecule has 1 atom stereocenters. The third-order valence-electron chi connectivity index (χ3n) is 1.82. The number of hydrogen-bond acceptors (Lipinski definition) is 5. The molecule has 0 heterocycles. The van der Waals surface area contributed by atoms with Gasteiger partial charge in [0.1, 0.15) is 9.84 Å². The predicted molar refractivity (Wildman–Crippen MR) is 66.3 cm³/mol. The van der Waals surface area contributed by atoms with E-state index in [1.54, 1.807) is 6.92 Å². The summed E-state index contributed by atoms with van der Waals surface area (Å²) in [7, 11) is -3.11. The van der Waals surface area contributed by atoms with Gasteiger partial charge in [-0.25, -0.2) is 8.42 Å². The smallest absolute Gasteiger partial charge is 0.221 e. The van der Waals surface area contributed by atoms with Crippen LogP contribution in [0.1, 0.15) is 13.3 Å². The van der Waals surface area contributed by atoms with Crippen LogP contribution in [0.25, 0.3) is 0 Å². The van der Waals surface area contributed by atoms with Gasteiger partial charge in [-0.2, -0.15) is 11.8 Å². The minimum atomic E-state index is -3.11. The quantitative estimate of drug-likeness (QED) is 0.660. The van der Waals surface area contributed by atoms with Crippen LogP contribution in [0.3, 0.4) is 0 Å². The summed E-state index contributed by atoms with van der Waals surface area (Å²) in [5.41, 5.74) is -0.958. The minimum absolute atomic E-state index is 0.0613. The van der Waals surface area contributed by atoms with Crippen molar-refractivity contribution in [1.29, 1.82) is 0 Å². The van der Waals surface area contributed by atoms with Gasteiger partial charge in [0.2, 0.25) is 5.91 Å². The topological polar surface area (TPSA) is 83.5 Å². The zero-order valence-corrected chi connectivity index (χ0v) is 11.4. The molecule has 0 saturated carbocycles. The third kappa shape index (κ3) is 8.99. The number of rotatable bonds is 7. The molecule has 0 aliphatic heterocycles. The summed E-state index contributed by atoms with van der Waals surface area (Å²) in [6.07, 6.45) is 2.89. The second kappa shape index (κ2) is 6.46. The Morgan fingerprint density at radius 1 is 1.50 bits per heavy atom. The number of nitrogens with one attached hydrogen (secondary N) is 1. The first kappa shape index (κ1) is 15.7. The number of carbonyl (C=O) groups is 1. The van der Waals surface area contributed by atoms with Gasteiger partial charge in [-0.15, -0.1) is 0 Å². The largest absolute Gasteiger partial charge is 0.387 e. The lowest BCUT2D eigenvalue weighted by molar-refractivity contribution is -0.121. The fourth-order valence-electron chi connectivity index (χ4n) is 1.02. The van der Waals surface area contributed by atoms with Gasteiger partial charge in [-0.3, -0.25) is 4.79 Å². The van der Waals surface area contributed by atoms with Crippen LogP contribution in [0.2, 0.25) is 0 Å². The maximum atomic E-state index is 11.2. The monoisotopic (exact) mass is 269 g/mol. The number of amides is 1. The molecular formula is C9H19NO4S2. The van der Waals surface area contributed by atoms with Crippen molar-refractivity contribution in [2.24, 2.45) is 0 Å². The van der Waals surface area contributed by atoms with Gasteiger partial charge in [0.05, 0.1) is 11.4 Å². The van der Waals surface area contributed by atoms with Crippen LogP contribution in [0.4, 0.5) is 0 Å². The summed E-state index contributed by atoms with van der Waals surface area (Å²) >= 11 is 1.48. The molecule has 1 unspecified atom stereocenters. The van der Waals surface area contributed by atoms with Crippen LogP contribution in [0.15, 0.2) is 0 Å². The van der Waals surface area contributed by atoms with Crippen molar-refractivity contribution in [2.75, 3.05) is 30.6 Å². The molecule has 0 aromatic heterocycles. The van der Waals surface area contributed by atoms with E-state index in [1.165, 1.54) is 11.8 Å². The summed E-state index contributed by atoms with van der Waals surface area (Å²) in [5.74, 6) is -0.00475. The minimum Gasteiger partial charge on any atom is -0.387 e. The second-order valence-corrected chi connectivity index (χ2v) is 7.21. The van der Waals surface area contributed by atoms with Gasteiger partial charge in [0.15, 0.2) is 0 Å². The average Bonchev–Trinajstić information content (AvgIpc) is 2.10. The lowest BCUT2D eigenvalue weighted by atomic mass is 10.1. The van der Waals surface area contributed by atoms with Gasteiger partial charge in [0.25, 0.3) is 0 Å². The lowest BCUT2D eigenvalue weighted by Gasteiger charge is -2.22. The van der Waals surface area contributed by atoms with Crippen molar-refractivity contribution in [1.82, 2.24) is 5.32 Å². The highest BCUT2D eigenvalue weighted by atomic mass is 32.2. The average molecular weight is 269 g/mol. The molecule has 16 heavy (non-hydrogen) atoms. The van der Waals surface area contributed by atoms with Gasteiger partial charge in [-0.05, 0) is 13.2 Å². The maximum absolute atomic E-state index is 11.2. The van der Waals surface area contributed by atoms with E-state index < -0.39 is 15.4 Å². The molecular weight excluding hydrogens is 250 g/mol. The highest BCUT2D eigenvalue weighted by molar-refractivity contribution is 7.98. The Labute approximate surface area is 101 Å². The van der Waals surface area contributed by atoms with Crippen LogP contribution >= 0.6 is 11.8 Å². The summed E-state index contributed by atoms with van der Waals surface area (Å²) in [6.45, 7) is 1.76. The van der Waals surface area contributed by atoms with Gasteiger partial charge in [0, 0.05) is 25.0 Å². The number of hydrogen-bond donors (Lipinski definition) is 2. The Morgan fingerprint density at radius 2 is 2.06 bits per heavy atom. The molecule has 0 saturated heterocycles. The molecule has 0 aliphatic carbocycles. The highest BCUT2D eigenvalue weighted by Gasteiger charge is 2.20. The zero-order valence-electron chi connectivity index (χ0n) is 9.82. The molecule has 0 rings (SSSR count). The fourth-order valence-corrected chi connectivity index (χ4v) is 2.30. The summed E-state index contributed by atoms with van der Waals surface area (Å²) in [4.78, 5) is 11.2. The van der Waals surface area contributed by atoms with Crippen LogP contribution in [-0.4, -0.2) is 55.6 Å². The Hall–Kier alpha value is -0.270. The summed E-state index contributed by atoms with van der Waals surface area (Å²) < 4.78 is 21.6. The van der Waals surface area contributed by atoms with E-state index >= 15 is 0 Å². The van der Waals surface area contributed by atoms with E-state index in [2.05, 4.69) is 5.32 Å². The third-order valence-corrected chi connectivity index (χ3v) is 3.68. The van der Waals surface area contributed by atoms with Crippen LogP contribution in [-0.2, 0) is 14.6 Å². The van der Waals surface area contributed by atoms with Crippen molar-refractivity contribution < 1.29 is 18.3 Å². The number of carbonyl (C=O) groups excluding carboxylic acids is 1. The second-order valence-electron chi connectivity index (χ2n) is 4.09. The van der Waals surface area contributed by atoms with E-state index in [9.17, 15) is 18.3 Å². The van der Waals surface area contributed by atoms with Crippen molar-refractivity contribution in [2.45, 2.75) is 18.9 Å². The Bertz CT molecular complexity index is 324. The van der Waals surface area contributed by atoms with Crippen molar-refractivity contribution in [3.05, 3.63) is 0 Å². The zero-order chi connectivity index (χ0) is 12.8. The van der Waals surface area contributed by atoms with Crippen molar-refractivity contribution >= 4 is 27.5 Å². The maximum Gasteiger partial charge on any atom is 0.221 e. The molecule has 5 nitrogen and oxygen atoms in total. The summed E-state index contributed by atoms with van der Waals surface area (Å²) in [5, 5.41) is 12.3. The Kier molecular flexibility index (Phi) is 6.35. The standard InChI is InChI=1S/C9H19NO4S2/c1-9(12,7-15-2)6-10-8(11)4-5-16(3,13)14/h12H,4-7H2,1-3H3,(H,10,11). The molecule has 0 radical (unpaired) electrons. The number of aliphatic hydroxyl groups is 1. The molecule has 96 valence electrons. The highest BCUT2D eigenvalue weighted by Crippen LogP contribution is 2.08. The molecule has 0 aromatic carbocycles. The Morgan fingerprint density at radius 3 is 2.50 bits per heavy atom. The molecule has 0 aromatic rings. The van der Waals surface area contributed by atoms with Gasteiger partial charge >= 0.3 is 0 Å². The molecule has 1 amide bonds. The van der Waals surface area contributed by atoms with E-state index in [1.807, 2.05) is 6.26 Å². The van der Waals surface area contributed by atoms with Crippen LogP contribution < -0.4 is 5.32 Å². The first-order valence-corrected chi connectivity index (χ1v) is 8.27. The SMILES string of the molecule is CSCC(C)(O)CNC(=O)CCS(C)(=O)=O. The Balaban J connectivity index is 3.90.